The molecule has 0 aliphatic heterocycles. The summed E-state index contributed by atoms with van der Waals surface area (Å²) in [7, 11) is 0. The van der Waals surface area contributed by atoms with E-state index in [1.165, 1.54) is 27.5 Å². The van der Waals surface area contributed by atoms with Gasteiger partial charge in [0.2, 0.25) is 0 Å². The van der Waals surface area contributed by atoms with Gasteiger partial charge in [-0.15, -0.1) is 0 Å². The number of aromatic nitrogens is 1. The summed E-state index contributed by atoms with van der Waals surface area (Å²) in [5, 5.41) is 8.25. The fourth-order valence-corrected chi connectivity index (χ4v) is 6.69. The predicted molar refractivity (Wildman–Crippen MR) is 189 cm³/mol. The maximum atomic E-state index is 6.56. The van der Waals surface area contributed by atoms with Gasteiger partial charge in [-0.1, -0.05) is 103 Å². The molecule has 0 fully saturated rings. The number of nitrogens with one attached hydrogen (secondary N) is 1. The molecular formula is C42H28N2O. The van der Waals surface area contributed by atoms with Crippen molar-refractivity contribution in [1.29, 1.82) is 0 Å². The van der Waals surface area contributed by atoms with E-state index in [1.54, 1.807) is 0 Å². The molecule has 0 aliphatic rings. The van der Waals surface area contributed by atoms with Crippen LogP contribution in [0.3, 0.4) is 0 Å². The van der Waals surface area contributed by atoms with Crippen LogP contribution in [0.2, 0.25) is 0 Å². The predicted octanol–water partition coefficient (Wildman–Crippen LogP) is 11.8. The van der Waals surface area contributed by atoms with Gasteiger partial charge in [0.25, 0.3) is 0 Å². The standard InChI is InChI=1S/C42H28N2O/c1-3-14-31(15-4-1)43-38-20-9-7-18-33(38)30-13-11-12-28(26-30)29-22-25-39-37(27-29)35-23-24-36-34-19-8-10-21-40(34)45-42(36)41(35)44(39)32-16-5-2-6-17-32/h1-27,43H. The molecule has 1 N–H and O–H groups in total. The summed E-state index contributed by atoms with van der Waals surface area (Å²) in [6.07, 6.45) is 0. The van der Waals surface area contributed by atoms with Crippen molar-refractivity contribution in [2.24, 2.45) is 0 Å². The third-order valence-electron chi connectivity index (χ3n) is 8.77. The van der Waals surface area contributed by atoms with Crippen molar-refractivity contribution in [3.05, 3.63) is 164 Å². The summed E-state index contributed by atoms with van der Waals surface area (Å²) in [6.45, 7) is 0. The molecule has 9 aromatic rings. The van der Waals surface area contributed by atoms with Gasteiger partial charge in [-0.2, -0.15) is 0 Å². The van der Waals surface area contributed by atoms with Crippen LogP contribution in [0.4, 0.5) is 11.4 Å². The number of anilines is 2. The lowest BCUT2D eigenvalue weighted by molar-refractivity contribution is 0.671. The van der Waals surface area contributed by atoms with Crippen LogP contribution in [-0.2, 0) is 0 Å². The van der Waals surface area contributed by atoms with Crippen LogP contribution in [0, 0.1) is 0 Å². The average molecular weight is 577 g/mol. The van der Waals surface area contributed by atoms with Gasteiger partial charge >= 0.3 is 0 Å². The molecule has 0 aliphatic carbocycles. The van der Waals surface area contributed by atoms with Gasteiger partial charge in [-0.05, 0) is 77.4 Å². The number of hydrogen-bond acceptors (Lipinski definition) is 2. The van der Waals surface area contributed by atoms with Crippen molar-refractivity contribution >= 4 is 55.1 Å². The molecule has 2 aromatic heterocycles. The Morgan fingerprint density at radius 3 is 2.07 bits per heavy atom. The summed E-state index contributed by atoms with van der Waals surface area (Å²) >= 11 is 0. The van der Waals surface area contributed by atoms with Gasteiger partial charge < -0.3 is 14.3 Å². The van der Waals surface area contributed by atoms with Crippen LogP contribution < -0.4 is 5.32 Å². The monoisotopic (exact) mass is 576 g/mol. The minimum Gasteiger partial charge on any atom is -0.454 e. The Kier molecular flexibility index (Phi) is 5.82. The van der Waals surface area contributed by atoms with Crippen molar-refractivity contribution < 1.29 is 4.42 Å². The minimum atomic E-state index is 0.907. The van der Waals surface area contributed by atoms with Gasteiger partial charge in [0.15, 0.2) is 5.58 Å². The second kappa shape index (κ2) is 10.3. The third-order valence-corrected chi connectivity index (χ3v) is 8.77. The molecule has 0 spiro atoms. The Morgan fingerprint density at radius 2 is 1.18 bits per heavy atom. The van der Waals surface area contributed by atoms with E-state index in [2.05, 4.69) is 162 Å². The van der Waals surface area contributed by atoms with Crippen LogP contribution in [0.5, 0.6) is 0 Å². The molecule has 3 nitrogen and oxygen atoms in total. The fraction of sp³-hybridized carbons (Fsp3) is 0. The molecule has 0 bridgehead atoms. The number of fused-ring (bicyclic) bond motifs is 7. The van der Waals surface area contributed by atoms with Crippen LogP contribution in [0.15, 0.2) is 168 Å². The number of nitrogens with zero attached hydrogens (tertiary/aromatic N) is 1. The Labute approximate surface area is 260 Å². The Balaban J connectivity index is 1.23. The molecular weight excluding hydrogens is 548 g/mol. The minimum absolute atomic E-state index is 0.907. The van der Waals surface area contributed by atoms with E-state index < -0.39 is 0 Å². The lowest BCUT2D eigenvalue weighted by Crippen LogP contribution is -1.93. The number of hydrogen-bond donors (Lipinski definition) is 1. The first kappa shape index (κ1) is 25.4. The lowest BCUT2D eigenvalue weighted by Gasteiger charge is -2.13. The van der Waals surface area contributed by atoms with Gasteiger partial charge in [0.1, 0.15) is 5.58 Å². The Morgan fingerprint density at radius 1 is 0.467 bits per heavy atom. The normalized spacial score (nSPS) is 11.6. The first-order valence-corrected chi connectivity index (χ1v) is 15.3. The molecule has 0 atom stereocenters. The number of benzene rings is 7. The Bertz CT molecular complexity index is 2510. The summed E-state index contributed by atoms with van der Waals surface area (Å²) in [4.78, 5) is 0. The molecule has 2 heterocycles. The molecule has 7 aromatic carbocycles. The average Bonchev–Trinajstić information content (AvgIpc) is 3.65. The summed E-state index contributed by atoms with van der Waals surface area (Å²) < 4.78 is 8.91. The van der Waals surface area contributed by atoms with Gasteiger partial charge in [0, 0.05) is 44.2 Å². The SMILES string of the molecule is c1ccc(Nc2ccccc2-c2cccc(-c3ccc4c(c3)c3ccc5c6ccccc6oc5c3n4-c3ccccc3)c2)cc1. The molecule has 9 rings (SSSR count). The first-order valence-electron chi connectivity index (χ1n) is 15.3. The molecule has 212 valence electrons. The Hall–Kier alpha value is -6.06. The van der Waals surface area contributed by atoms with Crippen LogP contribution in [0.1, 0.15) is 0 Å². The summed E-state index contributed by atoms with van der Waals surface area (Å²) in [5.74, 6) is 0. The van der Waals surface area contributed by atoms with Crippen molar-refractivity contribution in [1.82, 2.24) is 4.57 Å². The third kappa shape index (κ3) is 4.21. The van der Waals surface area contributed by atoms with Crippen molar-refractivity contribution in [2.45, 2.75) is 0 Å². The van der Waals surface area contributed by atoms with E-state index in [4.69, 9.17) is 4.42 Å². The first-order chi connectivity index (χ1) is 22.3. The molecule has 0 amide bonds. The molecule has 0 saturated carbocycles. The quantitative estimate of drug-likeness (QED) is 0.221. The van der Waals surface area contributed by atoms with Crippen LogP contribution in [-0.4, -0.2) is 4.57 Å². The van der Waals surface area contributed by atoms with Gasteiger partial charge in [-0.3, -0.25) is 0 Å². The number of furan rings is 1. The maximum absolute atomic E-state index is 6.56. The summed E-state index contributed by atoms with van der Waals surface area (Å²) in [5.41, 5.74) is 12.0. The highest BCUT2D eigenvalue weighted by Crippen LogP contribution is 2.41. The lowest BCUT2D eigenvalue weighted by atomic mass is 9.97. The molecule has 3 heteroatoms. The van der Waals surface area contributed by atoms with E-state index in [0.29, 0.717) is 0 Å². The highest BCUT2D eigenvalue weighted by Gasteiger charge is 2.19. The summed E-state index contributed by atoms with van der Waals surface area (Å²) in [6, 6.07) is 57.8. The highest BCUT2D eigenvalue weighted by atomic mass is 16.3. The topological polar surface area (TPSA) is 30.1 Å². The zero-order valence-electron chi connectivity index (χ0n) is 24.4. The van der Waals surface area contributed by atoms with E-state index in [0.717, 1.165) is 55.6 Å². The van der Waals surface area contributed by atoms with E-state index in [9.17, 15) is 0 Å². The van der Waals surface area contributed by atoms with Gasteiger partial charge in [0.05, 0.1) is 11.0 Å². The van der Waals surface area contributed by atoms with Crippen molar-refractivity contribution in [3.63, 3.8) is 0 Å². The van der Waals surface area contributed by atoms with Crippen LogP contribution >= 0.6 is 0 Å². The van der Waals surface area contributed by atoms with E-state index in [1.807, 2.05) is 12.1 Å². The maximum Gasteiger partial charge on any atom is 0.160 e. The highest BCUT2D eigenvalue weighted by molar-refractivity contribution is 6.21. The number of para-hydroxylation sites is 4. The smallest absolute Gasteiger partial charge is 0.160 e. The van der Waals surface area contributed by atoms with Gasteiger partial charge in [-0.25, -0.2) is 0 Å². The zero-order chi connectivity index (χ0) is 29.7. The van der Waals surface area contributed by atoms with E-state index in [-0.39, 0.29) is 0 Å². The molecule has 0 unspecified atom stereocenters. The fourth-order valence-electron chi connectivity index (χ4n) is 6.69. The largest absolute Gasteiger partial charge is 0.454 e. The molecule has 45 heavy (non-hydrogen) atoms. The molecule has 0 saturated heterocycles. The van der Waals surface area contributed by atoms with Crippen molar-refractivity contribution in [3.8, 4) is 27.9 Å². The number of rotatable bonds is 5. The van der Waals surface area contributed by atoms with Crippen LogP contribution in [0.25, 0.3) is 71.7 Å². The molecule has 0 radical (unpaired) electrons. The zero-order valence-corrected chi connectivity index (χ0v) is 24.4. The van der Waals surface area contributed by atoms with E-state index >= 15 is 0 Å². The second-order valence-electron chi connectivity index (χ2n) is 11.5. The van der Waals surface area contributed by atoms with Crippen molar-refractivity contribution in [2.75, 3.05) is 5.32 Å². The second-order valence-corrected chi connectivity index (χ2v) is 11.5.